The molecule has 0 amide bonds. The van der Waals surface area contributed by atoms with Gasteiger partial charge in [0.2, 0.25) is 0 Å². The van der Waals surface area contributed by atoms with Crippen molar-refractivity contribution < 1.29 is 9.72 Å². The molecule has 0 radical (unpaired) electrons. The maximum atomic E-state index is 12.3. The Morgan fingerprint density at radius 3 is 2.68 bits per heavy atom. The highest BCUT2D eigenvalue weighted by atomic mass is 32.2. The fraction of sp³-hybridized carbons (Fsp3) is 0.278. The van der Waals surface area contributed by atoms with Gasteiger partial charge in [-0.15, -0.1) is 0 Å². The molecule has 1 aromatic heterocycles. The zero-order valence-corrected chi connectivity index (χ0v) is 14.2. The molecule has 0 atom stereocenters. The topological polar surface area (TPSA) is 96.9 Å². The van der Waals surface area contributed by atoms with Crippen molar-refractivity contribution >= 4 is 23.2 Å². The number of aryl methyl sites for hydroxylation is 2. The Morgan fingerprint density at radius 1 is 1.28 bits per heavy atom. The molecule has 0 saturated heterocycles. The van der Waals surface area contributed by atoms with Crippen LogP contribution in [0.15, 0.2) is 35.4 Å². The summed E-state index contributed by atoms with van der Waals surface area (Å²) in [6, 6.07) is 9.58. The molecule has 2 aromatic rings. The summed E-state index contributed by atoms with van der Waals surface area (Å²) in [5.41, 5.74) is 3.02. The summed E-state index contributed by atoms with van der Waals surface area (Å²) in [4.78, 5) is 27.0. The SMILES string of the molecule is N#Cc1cc2c(nc1SCC(=O)c1ccc([N+](=O)[O-])cc1)CCCC2. The van der Waals surface area contributed by atoms with Gasteiger partial charge < -0.3 is 0 Å². The number of benzene rings is 1. The number of fused-ring (bicyclic) bond motifs is 1. The van der Waals surface area contributed by atoms with Gasteiger partial charge in [-0.1, -0.05) is 11.8 Å². The van der Waals surface area contributed by atoms with E-state index in [4.69, 9.17) is 0 Å². The smallest absolute Gasteiger partial charge is 0.269 e. The normalized spacial score (nSPS) is 12.9. The molecule has 25 heavy (non-hydrogen) atoms. The maximum absolute atomic E-state index is 12.3. The molecule has 1 aliphatic rings. The van der Waals surface area contributed by atoms with E-state index in [0.717, 1.165) is 36.9 Å². The van der Waals surface area contributed by atoms with Crippen molar-refractivity contribution in [2.45, 2.75) is 30.7 Å². The van der Waals surface area contributed by atoms with Crippen LogP contribution in [0.25, 0.3) is 0 Å². The Bertz CT molecular complexity index is 872. The van der Waals surface area contributed by atoms with Crippen LogP contribution in [0.3, 0.4) is 0 Å². The number of hydrogen-bond donors (Lipinski definition) is 0. The highest BCUT2D eigenvalue weighted by Gasteiger charge is 2.17. The molecule has 0 saturated carbocycles. The Kier molecular flexibility index (Phi) is 5.10. The number of thioether (sulfide) groups is 1. The van der Waals surface area contributed by atoms with Gasteiger partial charge >= 0.3 is 0 Å². The number of hydrogen-bond acceptors (Lipinski definition) is 6. The largest absolute Gasteiger partial charge is 0.293 e. The van der Waals surface area contributed by atoms with Crippen molar-refractivity contribution in [3.63, 3.8) is 0 Å². The number of nitrogens with zero attached hydrogens (tertiary/aromatic N) is 3. The molecule has 0 bridgehead atoms. The van der Waals surface area contributed by atoms with Gasteiger partial charge in [0.15, 0.2) is 5.78 Å². The van der Waals surface area contributed by atoms with Gasteiger partial charge in [0.05, 0.1) is 16.2 Å². The number of carbonyl (C=O) groups excluding carboxylic acids is 1. The summed E-state index contributed by atoms with van der Waals surface area (Å²) in [6.45, 7) is 0. The molecule has 7 heteroatoms. The van der Waals surface area contributed by atoms with Crippen LogP contribution < -0.4 is 0 Å². The molecule has 6 nitrogen and oxygen atoms in total. The summed E-state index contributed by atoms with van der Waals surface area (Å²) in [5.74, 6) is -0.0125. The highest BCUT2D eigenvalue weighted by molar-refractivity contribution is 8.00. The van der Waals surface area contributed by atoms with Crippen LogP contribution in [0, 0.1) is 21.4 Å². The van der Waals surface area contributed by atoms with Gasteiger partial charge in [0.25, 0.3) is 5.69 Å². The standard InChI is InChI=1S/C18H15N3O3S/c19-10-14-9-13-3-1-2-4-16(13)20-18(14)25-11-17(22)12-5-7-15(8-6-12)21(23)24/h5-9H,1-4,11H2. The van der Waals surface area contributed by atoms with Crippen LogP contribution in [0.4, 0.5) is 5.69 Å². The molecule has 1 aromatic carbocycles. The third kappa shape index (κ3) is 3.86. The number of nitro groups is 1. The summed E-state index contributed by atoms with van der Waals surface area (Å²) < 4.78 is 0. The second kappa shape index (κ2) is 7.45. The van der Waals surface area contributed by atoms with Gasteiger partial charge in [-0.25, -0.2) is 4.98 Å². The van der Waals surface area contributed by atoms with Crippen molar-refractivity contribution in [3.05, 3.63) is 62.8 Å². The van der Waals surface area contributed by atoms with Crippen LogP contribution in [0.1, 0.15) is 40.0 Å². The summed E-state index contributed by atoms with van der Waals surface area (Å²) >= 11 is 1.24. The van der Waals surface area contributed by atoms with Crippen LogP contribution >= 0.6 is 11.8 Å². The predicted molar refractivity (Wildman–Crippen MR) is 93.7 cm³/mol. The molecule has 0 fully saturated rings. The first-order chi connectivity index (χ1) is 12.1. The first kappa shape index (κ1) is 17.1. The van der Waals surface area contributed by atoms with Gasteiger partial charge in [0, 0.05) is 23.4 Å². The van der Waals surface area contributed by atoms with E-state index < -0.39 is 4.92 Å². The maximum Gasteiger partial charge on any atom is 0.269 e. The lowest BCUT2D eigenvalue weighted by Crippen LogP contribution is -2.08. The van der Waals surface area contributed by atoms with Crippen molar-refractivity contribution in [3.8, 4) is 6.07 Å². The van der Waals surface area contributed by atoms with E-state index in [0.29, 0.717) is 16.2 Å². The van der Waals surface area contributed by atoms with Crippen molar-refractivity contribution in [1.29, 1.82) is 5.26 Å². The molecule has 126 valence electrons. The molecular formula is C18H15N3O3S. The van der Waals surface area contributed by atoms with E-state index in [-0.39, 0.29) is 17.2 Å². The first-order valence-electron chi connectivity index (χ1n) is 7.92. The summed E-state index contributed by atoms with van der Waals surface area (Å²) in [7, 11) is 0. The van der Waals surface area contributed by atoms with Crippen molar-refractivity contribution in [2.75, 3.05) is 5.75 Å². The van der Waals surface area contributed by atoms with Gasteiger partial charge in [0.1, 0.15) is 11.1 Å². The monoisotopic (exact) mass is 353 g/mol. The fourth-order valence-corrected chi connectivity index (χ4v) is 3.66. The molecule has 0 unspecified atom stereocenters. The molecule has 0 aliphatic heterocycles. The zero-order chi connectivity index (χ0) is 17.8. The number of nitro benzene ring substituents is 1. The number of pyridine rings is 1. The number of ketones is 1. The number of carbonyl (C=O) groups is 1. The van der Waals surface area contributed by atoms with E-state index in [9.17, 15) is 20.2 Å². The fourth-order valence-electron chi connectivity index (χ4n) is 2.79. The van der Waals surface area contributed by atoms with E-state index in [2.05, 4.69) is 11.1 Å². The molecular weight excluding hydrogens is 338 g/mol. The second-order valence-corrected chi connectivity index (χ2v) is 6.75. The molecule has 3 rings (SSSR count). The number of aromatic nitrogens is 1. The zero-order valence-electron chi connectivity index (χ0n) is 13.4. The minimum Gasteiger partial charge on any atom is -0.293 e. The average Bonchev–Trinajstić information content (AvgIpc) is 2.65. The van der Waals surface area contributed by atoms with Crippen LogP contribution in [-0.2, 0) is 12.8 Å². The van der Waals surface area contributed by atoms with Crippen LogP contribution in [-0.4, -0.2) is 21.4 Å². The summed E-state index contributed by atoms with van der Waals surface area (Å²) in [6.07, 6.45) is 4.07. The third-order valence-corrected chi connectivity index (χ3v) is 5.12. The third-order valence-electron chi connectivity index (χ3n) is 4.13. The minimum absolute atomic E-state index is 0.0488. The van der Waals surface area contributed by atoms with Crippen molar-refractivity contribution in [2.24, 2.45) is 0 Å². The summed E-state index contributed by atoms with van der Waals surface area (Å²) in [5, 5.41) is 20.6. The Balaban J connectivity index is 1.73. The Morgan fingerprint density at radius 2 is 2.00 bits per heavy atom. The van der Waals surface area contributed by atoms with E-state index in [1.807, 2.05) is 6.07 Å². The van der Waals surface area contributed by atoms with Crippen molar-refractivity contribution in [1.82, 2.24) is 4.98 Å². The molecule has 0 spiro atoms. The first-order valence-corrected chi connectivity index (χ1v) is 8.90. The van der Waals surface area contributed by atoms with Crippen LogP contribution in [0.5, 0.6) is 0 Å². The minimum atomic E-state index is -0.501. The van der Waals surface area contributed by atoms with Gasteiger partial charge in [-0.2, -0.15) is 5.26 Å². The van der Waals surface area contributed by atoms with E-state index >= 15 is 0 Å². The average molecular weight is 353 g/mol. The number of rotatable bonds is 5. The lowest BCUT2D eigenvalue weighted by atomic mass is 9.95. The molecule has 1 aliphatic carbocycles. The Labute approximate surface area is 149 Å². The second-order valence-electron chi connectivity index (χ2n) is 5.78. The number of nitriles is 1. The van der Waals surface area contributed by atoms with Gasteiger partial charge in [-0.3, -0.25) is 14.9 Å². The molecule has 1 heterocycles. The lowest BCUT2D eigenvalue weighted by Gasteiger charge is -2.16. The van der Waals surface area contributed by atoms with E-state index in [1.54, 1.807) is 0 Å². The quantitative estimate of drug-likeness (QED) is 0.352. The predicted octanol–water partition coefficient (Wildman–Crippen LogP) is 3.72. The Hall–Kier alpha value is -2.72. The lowest BCUT2D eigenvalue weighted by molar-refractivity contribution is -0.384. The number of Topliss-reactive ketones (excluding diaryl/α,β-unsaturated/α-hetero) is 1. The van der Waals surface area contributed by atoms with Gasteiger partial charge in [-0.05, 0) is 49.4 Å². The molecule has 0 N–H and O–H groups in total. The van der Waals surface area contributed by atoms with E-state index in [1.165, 1.54) is 36.0 Å². The highest BCUT2D eigenvalue weighted by Crippen LogP contribution is 2.27. The number of non-ortho nitro benzene ring substituents is 1. The van der Waals surface area contributed by atoms with Crippen LogP contribution in [0.2, 0.25) is 0 Å².